The summed E-state index contributed by atoms with van der Waals surface area (Å²) in [5.41, 5.74) is 1.26. The molecule has 2 aromatic carbocycles. The van der Waals surface area contributed by atoms with Crippen molar-refractivity contribution in [1.29, 1.82) is 0 Å². The molecule has 8 heteroatoms. The Bertz CT molecular complexity index is 891. The molecule has 1 aliphatic heterocycles. The highest BCUT2D eigenvalue weighted by molar-refractivity contribution is 6.02. The molecule has 28 heavy (non-hydrogen) atoms. The van der Waals surface area contributed by atoms with Crippen LogP contribution in [0.1, 0.15) is 23.2 Å². The Hall–Kier alpha value is -3.26. The van der Waals surface area contributed by atoms with E-state index < -0.39 is 11.0 Å². The van der Waals surface area contributed by atoms with Gasteiger partial charge in [-0.2, -0.15) is 0 Å². The van der Waals surface area contributed by atoms with Crippen molar-refractivity contribution in [2.75, 3.05) is 30.8 Å². The van der Waals surface area contributed by atoms with Crippen molar-refractivity contribution in [3.63, 3.8) is 0 Å². The van der Waals surface area contributed by atoms with Crippen molar-refractivity contribution in [1.82, 2.24) is 4.90 Å². The number of rotatable bonds is 5. The zero-order chi connectivity index (χ0) is 20.1. The van der Waals surface area contributed by atoms with Gasteiger partial charge >= 0.3 is 6.03 Å². The number of piperidine rings is 1. The Kier molecular flexibility index (Phi) is 6.00. The second kappa shape index (κ2) is 8.62. The maximum absolute atomic E-state index is 12.7. The number of nitro benzene ring substituents is 1. The predicted octanol–water partition coefficient (Wildman–Crippen LogP) is 3.76. The van der Waals surface area contributed by atoms with Crippen LogP contribution in [0.5, 0.6) is 0 Å². The summed E-state index contributed by atoms with van der Waals surface area (Å²) in [6.45, 7) is 1.81. The molecule has 0 aliphatic carbocycles. The number of nitro groups is 1. The Morgan fingerprint density at radius 3 is 2.29 bits per heavy atom. The number of nitrogens with one attached hydrogen (secondary N) is 2. The summed E-state index contributed by atoms with van der Waals surface area (Å²) < 4.78 is 0. The minimum atomic E-state index is -0.538. The fourth-order valence-electron chi connectivity index (χ4n) is 3.25. The van der Waals surface area contributed by atoms with Crippen LogP contribution in [0.4, 0.5) is 21.9 Å². The van der Waals surface area contributed by atoms with Crippen LogP contribution in [0.3, 0.4) is 0 Å². The number of Topliss-reactive ketones (excluding diaryl/α,β-unsaturated/α-hetero) is 1. The van der Waals surface area contributed by atoms with Crippen molar-refractivity contribution in [2.45, 2.75) is 12.8 Å². The van der Waals surface area contributed by atoms with Crippen LogP contribution in [-0.4, -0.2) is 41.8 Å². The number of anilines is 2. The van der Waals surface area contributed by atoms with Gasteiger partial charge in [0.1, 0.15) is 0 Å². The fraction of sp³-hybridized carbons (Fsp3) is 0.300. The molecule has 146 valence electrons. The number of carbonyl (C=O) groups excluding carboxylic acids is 2. The number of benzene rings is 2. The topological polar surface area (TPSA) is 105 Å². The van der Waals surface area contributed by atoms with E-state index in [4.69, 9.17) is 0 Å². The highest BCUT2D eigenvalue weighted by atomic mass is 16.6. The van der Waals surface area contributed by atoms with Gasteiger partial charge in [-0.15, -0.1) is 0 Å². The van der Waals surface area contributed by atoms with Crippen molar-refractivity contribution in [3.05, 3.63) is 64.2 Å². The van der Waals surface area contributed by atoms with E-state index in [9.17, 15) is 19.7 Å². The molecule has 1 heterocycles. The molecular formula is C20H22N4O4. The van der Waals surface area contributed by atoms with E-state index in [1.165, 1.54) is 18.2 Å². The van der Waals surface area contributed by atoms with Gasteiger partial charge in [0.2, 0.25) is 0 Å². The number of nitrogens with zero attached hydrogens (tertiary/aromatic N) is 2. The summed E-state index contributed by atoms with van der Waals surface area (Å²) in [7, 11) is 2.05. The molecule has 2 amide bonds. The first-order valence-electron chi connectivity index (χ1n) is 9.07. The summed E-state index contributed by atoms with van der Waals surface area (Å²) in [6.07, 6.45) is 1.67. The van der Waals surface area contributed by atoms with Crippen molar-refractivity contribution >= 4 is 28.9 Å². The summed E-state index contributed by atoms with van der Waals surface area (Å²) in [5.74, 6) is 0.0981. The lowest BCUT2D eigenvalue weighted by atomic mass is 9.89. The number of non-ortho nitro benzene ring substituents is 1. The van der Waals surface area contributed by atoms with Gasteiger partial charge in [0, 0.05) is 35.0 Å². The monoisotopic (exact) mass is 382 g/mol. The van der Waals surface area contributed by atoms with Crippen molar-refractivity contribution in [2.24, 2.45) is 5.92 Å². The maximum atomic E-state index is 12.7. The van der Waals surface area contributed by atoms with Gasteiger partial charge in [0.25, 0.3) is 5.69 Å². The van der Waals surface area contributed by atoms with Gasteiger partial charge in [0.05, 0.1) is 4.92 Å². The first-order chi connectivity index (χ1) is 13.4. The van der Waals surface area contributed by atoms with Crippen molar-refractivity contribution < 1.29 is 14.5 Å². The van der Waals surface area contributed by atoms with Gasteiger partial charge < -0.3 is 15.5 Å². The number of ketones is 1. The van der Waals surface area contributed by atoms with Gasteiger partial charge in [-0.3, -0.25) is 14.9 Å². The smallest absolute Gasteiger partial charge is 0.308 e. The second-order valence-corrected chi connectivity index (χ2v) is 6.91. The van der Waals surface area contributed by atoms with E-state index in [-0.39, 0.29) is 17.4 Å². The van der Waals surface area contributed by atoms with E-state index in [1.807, 2.05) is 7.05 Å². The van der Waals surface area contributed by atoms with E-state index >= 15 is 0 Å². The molecule has 0 atom stereocenters. The molecule has 3 rings (SSSR count). The molecule has 0 spiro atoms. The van der Waals surface area contributed by atoms with Crippen LogP contribution in [-0.2, 0) is 0 Å². The summed E-state index contributed by atoms with van der Waals surface area (Å²) in [6, 6.07) is 12.0. The zero-order valence-corrected chi connectivity index (χ0v) is 15.6. The number of urea groups is 1. The fourth-order valence-corrected chi connectivity index (χ4v) is 3.25. The SMILES string of the molecule is CN1CCC(C(=O)c2cccc(NC(=O)Nc3cccc([N+](=O)[O-])c3)c2)CC1. The Balaban J connectivity index is 1.64. The van der Waals surface area contributed by atoms with Gasteiger partial charge in [0.15, 0.2) is 5.78 Å². The van der Waals surface area contributed by atoms with Crippen LogP contribution in [0, 0.1) is 16.0 Å². The van der Waals surface area contributed by atoms with E-state index in [2.05, 4.69) is 15.5 Å². The largest absolute Gasteiger partial charge is 0.323 e. The van der Waals surface area contributed by atoms with Crippen LogP contribution in [0.25, 0.3) is 0 Å². The molecule has 0 saturated carbocycles. The summed E-state index contributed by atoms with van der Waals surface area (Å²) >= 11 is 0. The molecule has 0 aromatic heterocycles. The Labute approximate surface area is 162 Å². The molecule has 1 fully saturated rings. The lowest BCUT2D eigenvalue weighted by Gasteiger charge is -2.28. The summed E-state index contributed by atoms with van der Waals surface area (Å²) in [4.78, 5) is 37.4. The number of hydrogen-bond donors (Lipinski definition) is 2. The third kappa shape index (κ3) is 4.92. The van der Waals surface area contributed by atoms with Gasteiger partial charge in [-0.05, 0) is 51.2 Å². The number of likely N-dealkylation sites (tertiary alicyclic amines) is 1. The zero-order valence-electron chi connectivity index (χ0n) is 15.6. The lowest BCUT2D eigenvalue weighted by molar-refractivity contribution is -0.384. The third-order valence-corrected chi connectivity index (χ3v) is 4.81. The van der Waals surface area contributed by atoms with E-state index in [0.29, 0.717) is 16.9 Å². The minimum absolute atomic E-state index is 0.00476. The standard InChI is InChI=1S/C20H22N4O4/c1-23-10-8-14(9-11-23)19(25)15-4-2-5-16(12-15)21-20(26)22-17-6-3-7-18(13-17)24(27)28/h2-7,12-14H,8-11H2,1H3,(H2,21,22,26). The van der Waals surface area contributed by atoms with Crippen molar-refractivity contribution in [3.8, 4) is 0 Å². The quantitative estimate of drug-likeness (QED) is 0.465. The number of amides is 2. The second-order valence-electron chi connectivity index (χ2n) is 6.91. The van der Waals surface area contributed by atoms with Gasteiger partial charge in [-0.25, -0.2) is 4.79 Å². The molecule has 1 aliphatic rings. The molecule has 0 bridgehead atoms. The first-order valence-corrected chi connectivity index (χ1v) is 9.07. The normalized spacial score (nSPS) is 15.0. The highest BCUT2D eigenvalue weighted by Gasteiger charge is 2.24. The minimum Gasteiger partial charge on any atom is -0.308 e. The molecule has 0 unspecified atom stereocenters. The van der Waals surface area contributed by atoms with Crippen LogP contribution < -0.4 is 10.6 Å². The predicted molar refractivity (Wildman–Crippen MR) is 107 cm³/mol. The molecule has 1 saturated heterocycles. The summed E-state index contributed by atoms with van der Waals surface area (Å²) in [5, 5.41) is 16.0. The van der Waals surface area contributed by atoms with Crippen LogP contribution >= 0.6 is 0 Å². The lowest BCUT2D eigenvalue weighted by Crippen LogP contribution is -2.33. The van der Waals surface area contributed by atoms with E-state index in [0.717, 1.165) is 25.9 Å². The average Bonchev–Trinajstić information content (AvgIpc) is 2.68. The molecule has 2 aromatic rings. The number of carbonyl (C=O) groups is 2. The molecular weight excluding hydrogens is 360 g/mol. The Morgan fingerprint density at radius 1 is 1.04 bits per heavy atom. The average molecular weight is 382 g/mol. The number of hydrogen-bond acceptors (Lipinski definition) is 5. The van der Waals surface area contributed by atoms with Gasteiger partial charge in [-0.1, -0.05) is 18.2 Å². The molecule has 0 radical (unpaired) electrons. The molecule has 2 N–H and O–H groups in total. The third-order valence-electron chi connectivity index (χ3n) is 4.81. The maximum Gasteiger partial charge on any atom is 0.323 e. The molecule has 8 nitrogen and oxygen atoms in total. The van der Waals surface area contributed by atoms with E-state index in [1.54, 1.807) is 30.3 Å². The Morgan fingerprint density at radius 2 is 1.64 bits per heavy atom. The first kappa shape index (κ1) is 19.5. The van der Waals surface area contributed by atoms with Crippen LogP contribution in [0.15, 0.2) is 48.5 Å². The highest BCUT2D eigenvalue weighted by Crippen LogP contribution is 2.23. The van der Waals surface area contributed by atoms with Crippen LogP contribution in [0.2, 0.25) is 0 Å².